The van der Waals surface area contributed by atoms with E-state index >= 15 is 0 Å². The van der Waals surface area contributed by atoms with E-state index in [0.29, 0.717) is 0 Å². The lowest BCUT2D eigenvalue weighted by atomic mass is 9.51. The second-order valence-electron chi connectivity index (χ2n) is 8.79. The number of benzene rings is 1. The summed E-state index contributed by atoms with van der Waals surface area (Å²) in [5, 5.41) is 8.55. The fourth-order valence-corrected chi connectivity index (χ4v) is 6.11. The minimum absolute atomic E-state index is 0.183. The van der Waals surface area contributed by atoms with Crippen molar-refractivity contribution in [1.82, 2.24) is 5.48 Å². The van der Waals surface area contributed by atoms with Gasteiger partial charge in [-0.05, 0) is 98.7 Å². The lowest BCUT2D eigenvalue weighted by molar-refractivity contribution is -0.128. The molecule has 0 spiro atoms. The number of hydrogen-bond donors (Lipinski definition) is 2. The third-order valence-electron chi connectivity index (χ3n) is 7.04. The zero-order valence-electron chi connectivity index (χ0n) is 15.5. The summed E-state index contributed by atoms with van der Waals surface area (Å²) in [5.74, 6) is 5.68. The first kappa shape index (κ1) is 17.8. The van der Waals surface area contributed by atoms with Gasteiger partial charge in [-0.3, -0.25) is 10.0 Å². The molecule has 4 fully saturated rings. The molecule has 0 aliphatic heterocycles. The van der Waals surface area contributed by atoms with Crippen LogP contribution in [0.1, 0.15) is 56.9 Å². The van der Waals surface area contributed by atoms with Crippen LogP contribution in [0.4, 0.5) is 0 Å². The van der Waals surface area contributed by atoms with Crippen LogP contribution < -0.4 is 10.2 Å². The highest BCUT2D eigenvalue weighted by molar-refractivity contribution is 5.77. The van der Waals surface area contributed by atoms with E-state index in [-0.39, 0.29) is 6.42 Å². The van der Waals surface area contributed by atoms with Gasteiger partial charge in [-0.25, -0.2) is 5.48 Å². The standard InChI is InChI=1S/C22H31NO3/c24-22(23-25)14-15-4-6-20(7-5-15)26-8-2-1-3-21-18-10-16-9-17(12-18)13-19(21)11-16/h4-7,16-19,21,25H,1-3,8-14H2,(H,23,24). The third-order valence-corrected chi connectivity index (χ3v) is 7.04. The number of hydrogen-bond acceptors (Lipinski definition) is 3. The molecule has 4 aliphatic carbocycles. The van der Waals surface area contributed by atoms with Crippen molar-refractivity contribution in [2.45, 2.75) is 57.8 Å². The number of rotatable bonds is 8. The molecule has 0 heterocycles. The number of ether oxygens (including phenoxy) is 1. The molecule has 26 heavy (non-hydrogen) atoms. The van der Waals surface area contributed by atoms with Crippen molar-refractivity contribution in [3.8, 4) is 5.75 Å². The zero-order chi connectivity index (χ0) is 17.9. The molecule has 0 radical (unpaired) electrons. The minimum Gasteiger partial charge on any atom is -0.494 e. The molecule has 1 aromatic carbocycles. The summed E-state index contributed by atoms with van der Waals surface area (Å²) in [6.07, 6.45) is 11.6. The van der Waals surface area contributed by atoms with Gasteiger partial charge in [0.2, 0.25) is 5.91 Å². The van der Waals surface area contributed by atoms with E-state index in [9.17, 15) is 4.79 Å². The number of nitrogens with one attached hydrogen (secondary N) is 1. The van der Waals surface area contributed by atoms with Crippen molar-refractivity contribution in [3.05, 3.63) is 29.8 Å². The van der Waals surface area contributed by atoms with Crippen LogP contribution in [0.2, 0.25) is 0 Å². The Morgan fingerprint density at radius 2 is 1.65 bits per heavy atom. The monoisotopic (exact) mass is 357 g/mol. The highest BCUT2D eigenvalue weighted by atomic mass is 16.5. The smallest absolute Gasteiger partial charge is 0.247 e. The van der Waals surface area contributed by atoms with E-state index in [2.05, 4.69) is 0 Å². The molecule has 0 unspecified atom stereocenters. The first-order chi connectivity index (χ1) is 12.7. The van der Waals surface area contributed by atoms with Crippen molar-refractivity contribution in [3.63, 3.8) is 0 Å². The van der Waals surface area contributed by atoms with Gasteiger partial charge in [0.25, 0.3) is 0 Å². The molecule has 4 aliphatic rings. The topological polar surface area (TPSA) is 58.6 Å². The van der Waals surface area contributed by atoms with E-state index in [1.54, 1.807) is 5.48 Å². The molecule has 5 rings (SSSR count). The minimum atomic E-state index is -0.400. The molecular weight excluding hydrogens is 326 g/mol. The molecule has 4 bridgehead atoms. The zero-order valence-corrected chi connectivity index (χ0v) is 15.5. The van der Waals surface area contributed by atoms with Gasteiger partial charge in [-0.15, -0.1) is 0 Å². The second-order valence-corrected chi connectivity index (χ2v) is 8.79. The van der Waals surface area contributed by atoms with Crippen LogP contribution in [-0.4, -0.2) is 17.7 Å². The Morgan fingerprint density at radius 3 is 2.27 bits per heavy atom. The van der Waals surface area contributed by atoms with Crippen LogP contribution in [0.3, 0.4) is 0 Å². The van der Waals surface area contributed by atoms with Gasteiger partial charge in [-0.2, -0.15) is 0 Å². The number of carbonyl (C=O) groups excluding carboxylic acids is 1. The molecule has 0 saturated heterocycles. The number of unbranched alkanes of at least 4 members (excludes halogenated alkanes) is 1. The van der Waals surface area contributed by atoms with Crippen molar-refractivity contribution < 1.29 is 14.7 Å². The molecule has 142 valence electrons. The Kier molecular flexibility index (Phi) is 5.49. The SMILES string of the molecule is O=C(Cc1ccc(OCCCCC2C3CC4CC(C3)CC2C4)cc1)NO. The van der Waals surface area contributed by atoms with Gasteiger partial charge in [-0.1, -0.05) is 12.1 Å². The van der Waals surface area contributed by atoms with Crippen molar-refractivity contribution >= 4 is 5.91 Å². The molecule has 1 amide bonds. The summed E-state index contributed by atoms with van der Waals surface area (Å²) in [4.78, 5) is 11.1. The van der Waals surface area contributed by atoms with Crippen molar-refractivity contribution in [2.75, 3.05) is 6.61 Å². The van der Waals surface area contributed by atoms with Crippen molar-refractivity contribution in [2.24, 2.45) is 29.6 Å². The summed E-state index contributed by atoms with van der Waals surface area (Å²) in [5.41, 5.74) is 2.52. The maximum absolute atomic E-state index is 11.1. The Bertz CT molecular complexity index is 584. The number of amides is 1. The third kappa shape index (κ3) is 4.06. The summed E-state index contributed by atoms with van der Waals surface area (Å²) < 4.78 is 5.85. The van der Waals surface area contributed by atoms with Crippen LogP contribution in [0.5, 0.6) is 5.75 Å². The maximum Gasteiger partial charge on any atom is 0.247 e. The Balaban J connectivity index is 1.15. The summed E-state index contributed by atoms with van der Waals surface area (Å²) >= 11 is 0. The molecular formula is C22H31NO3. The highest BCUT2D eigenvalue weighted by Gasteiger charge is 2.47. The summed E-state index contributed by atoms with van der Waals surface area (Å²) in [7, 11) is 0. The molecule has 0 atom stereocenters. The molecule has 4 saturated carbocycles. The van der Waals surface area contributed by atoms with Gasteiger partial charge in [0.15, 0.2) is 0 Å². The van der Waals surface area contributed by atoms with E-state index in [4.69, 9.17) is 9.94 Å². The van der Waals surface area contributed by atoms with Crippen LogP contribution in [0, 0.1) is 29.6 Å². The lowest BCUT2D eigenvalue weighted by Crippen LogP contribution is -2.44. The Hall–Kier alpha value is -1.55. The van der Waals surface area contributed by atoms with Crippen LogP contribution in [0.25, 0.3) is 0 Å². The Morgan fingerprint density at radius 1 is 1.00 bits per heavy atom. The second kappa shape index (κ2) is 7.99. The number of carbonyl (C=O) groups is 1. The van der Waals surface area contributed by atoms with Gasteiger partial charge in [0, 0.05) is 0 Å². The first-order valence-electron chi connectivity index (χ1n) is 10.4. The fraction of sp³-hybridized carbons (Fsp3) is 0.682. The average molecular weight is 357 g/mol. The quantitative estimate of drug-likeness (QED) is 0.413. The molecule has 1 aromatic rings. The van der Waals surface area contributed by atoms with E-state index in [0.717, 1.165) is 53.9 Å². The highest BCUT2D eigenvalue weighted by Crippen LogP contribution is 2.57. The largest absolute Gasteiger partial charge is 0.494 e. The van der Waals surface area contributed by atoms with Gasteiger partial charge >= 0.3 is 0 Å². The molecule has 4 heteroatoms. The fourth-order valence-electron chi connectivity index (χ4n) is 6.11. The predicted molar refractivity (Wildman–Crippen MR) is 100.0 cm³/mol. The molecule has 4 nitrogen and oxygen atoms in total. The number of hydroxylamine groups is 1. The maximum atomic E-state index is 11.1. The van der Waals surface area contributed by atoms with Crippen LogP contribution in [-0.2, 0) is 11.2 Å². The van der Waals surface area contributed by atoms with E-state index in [1.165, 1.54) is 44.9 Å². The first-order valence-corrected chi connectivity index (χ1v) is 10.4. The average Bonchev–Trinajstić information content (AvgIpc) is 2.64. The van der Waals surface area contributed by atoms with Crippen molar-refractivity contribution in [1.29, 1.82) is 0 Å². The van der Waals surface area contributed by atoms with Gasteiger partial charge in [0.05, 0.1) is 13.0 Å². The normalized spacial score (nSPS) is 31.8. The lowest BCUT2D eigenvalue weighted by Gasteiger charge is -2.54. The molecule has 0 aromatic heterocycles. The van der Waals surface area contributed by atoms with Gasteiger partial charge < -0.3 is 4.74 Å². The summed E-state index contributed by atoms with van der Waals surface area (Å²) in [6.45, 7) is 0.768. The van der Waals surface area contributed by atoms with E-state index < -0.39 is 5.91 Å². The Labute approximate surface area is 156 Å². The summed E-state index contributed by atoms with van der Waals surface area (Å²) in [6, 6.07) is 7.55. The van der Waals surface area contributed by atoms with Crippen LogP contribution in [0.15, 0.2) is 24.3 Å². The predicted octanol–water partition coefficient (Wildman–Crippen LogP) is 4.36. The van der Waals surface area contributed by atoms with Crippen LogP contribution >= 0.6 is 0 Å². The van der Waals surface area contributed by atoms with Gasteiger partial charge in [0.1, 0.15) is 5.75 Å². The molecule has 2 N–H and O–H groups in total. The van der Waals surface area contributed by atoms with E-state index in [1.807, 2.05) is 24.3 Å².